The van der Waals surface area contributed by atoms with Gasteiger partial charge in [0.05, 0.1) is 34.3 Å². The molecular formula is C48H60N2NiO4. The van der Waals surface area contributed by atoms with Gasteiger partial charge in [-0.2, -0.15) is 0 Å². The van der Waals surface area contributed by atoms with Crippen molar-refractivity contribution >= 4 is 34.4 Å². The molecule has 0 spiro atoms. The molecule has 0 aliphatic heterocycles. The molecule has 2 N–H and O–H groups in total. The number of hydrogen-bond acceptors (Lipinski definition) is 6. The average molecular weight is 788 g/mol. The summed E-state index contributed by atoms with van der Waals surface area (Å²) in [4.78, 5) is 32.7. The van der Waals surface area contributed by atoms with Gasteiger partial charge in [0.1, 0.15) is 0 Å². The monoisotopic (exact) mass is 786 g/mol. The van der Waals surface area contributed by atoms with Gasteiger partial charge in [-0.15, -0.1) is 0 Å². The fraction of sp³-hybridized carbons (Fsp3) is 0.333. The van der Waals surface area contributed by atoms with E-state index in [-0.39, 0.29) is 39.6 Å². The summed E-state index contributed by atoms with van der Waals surface area (Å²) in [5, 5.41) is 17.6. The molecule has 4 aromatic carbocycles. The number of ketones is 2. The van der Waals surface area contributed by atoms with Gasteiger partial charge in [0.15, 0.2) is 11.6 Å². The predicted molar refractivity (Wildman–Crippen MR) is 229 cm³/mol. The van der Waals surface area contributed by atoms with E-state index in [1.807, 2.05) is 12.1 Å². The Morgan fingerprint density at radius 1 is 0.455 bits per heavy atom. The summed E-state index contributed by atoms with van der Waals surface area (Å²) >= 11 is 0. The van der Waals surface area contributed by atoms with E-state index in [1.165, 1.54) is 48.3 Å². The minimum absolute atomic E-state index is 0. The van der Waals surface area contributed by atoms with Crippen molar-refractivity contribution in [1.82, 2.24) is 0 Å². The van der Waals surface area contributed by atoms with Crippen LogP contribution in [0.3, 0.4) is 0 Å². The molecule has 7 heteroatoms. The second-order valence-electron chi connectivity index (χ2n) is 14.6. The quantitative estimate of drug-likeness (QED) is 0.0520. The van der Waals surface area contributed by atoms with E-state index >= 15 is 0 Å². The number of carbonyl (C=O) groups excluding carboxylic acids is 2. The van der Waals surface area contributed by atoms with E-state index in [0.717, 1.165) is 22.8 Å². The molecule has 6 nitrogen and oxygen atoms in total. The van der Waals surface area contributed by atoms with Gasteiger partial charge in [0, 0.05) is 39.8 Å². The molecule has 0 amide bonds. The predicted octanol–water partition coefficient (Wildman–Crippen LogP) is 13.7. The van der Waals surface area contributed by atoms with E-state index < -0.39 is 0 Å². The summed E-state index contributed by atoms with van der Waals surface area (Å²) in [6.45, 7) is 25.0. The second kappa shape index (κ2) is 23.8. The standard InChI is InChI=1S/C28H40N2.2C10H10O2.Ni/c1-17(2)23-13-11-14-24(18(3)4)27(23)29-21(9)22(10)30-28-25(19(5)6)15-12-16-26(28)20(7)8;2*1-8(11)7-10(12)9-5-3-2-4-6-9;/h11-20H,1-10H3;2*2-7,11H,1H3;/b;2*8-7-;. The zero-order valence-electron chi connectivity index (χ0n) is 34.6. The van der Waals surface area contributed by atoms with Gasteiger partial charge in [-0.1, -0.05) is 152 Å². The number of rotatable bonds is 11. The first-order chi connectivity index (χ1) is 25.4. The van der Waals surface area contributed by atoms with E-state index in [1.54, 1.807) is 48.5 Å². The minimum atomic E-state index is -0.171. The van der Waals surface area contributed by atoms with Crippen LogP contribution in [0.25, 0.3) is 0 Å². The molecule has 0 aliphatic carbocycles. The van der Waals surface area contributed by atoms with Crippen molar-refractivity contribution in [1.29, 1.82) is 0 Å². The summed E-state index contributed by atoms with van der Waals surface area (Å²) < 4.78 is 0. The molecule has 0 saturated carbocycles. The number of nitrogens with zero attached hydrogens (tertiary/aromatic N) is 2. The number of aliphatic imine (C=N–C) groups is 2. The van der Waals surface area contributed by atoms with Crippen molar-refractivity contribution in [2.45, 2.75) is 107 Å². The molecule has 0 aliphatic rings. The number of hydrogen-bond donors (Lipinski definition) is 2. The third kappa shape index (κ3) is 15.8. The molecular weight excluding hydrogens is 727 g/mol. The Morgan fingerprint density at radius 3 is 0.927 bits per heavy atom. The maximum absolute atomic E-state index is 11.2. The third-order valence-corrected chi connectivity index (χ3v) is 8.56. The van der Waals surface area contributed by atoms with Gasteiger partial charge in [-0.25, -0.2) is 0 Å². The molecule has 4 aromatic rings. The molecule has 55 heavy (non-hydrogen) atoms. The van der Waals surface area contributed by atoms with Gasteiger partial charge in [-0.05, 0) is 73.6 Å². The molecule has 0 fully saturated rings. The Morgan fingerprint density at radius 2 is 0.709 bits per heavy atom. The van der Waals surface area contributed by atoms with Crippen LogP contribution in [-0.2, 0) is 16.5 Å². The van der Waals surface area contributed by atoms with Gasteiger partial charge < -0.3 is 10.2 Å². The smallest absolute Gasteiger partial charge is 0.189 e. The van der Waals surface area contributed by atoms with Crippen molar-refractivity contribution in [2.24, 2.45) is 9.98 Å². The Labute approximate surface area is 340 Å². The molecule has 0 saturated heterocycles. The summed E-state index contributed by atoms with van der Waals surface area (Å²) in [6.07, 6.45) is 2.41. The van der Waals surface area contributed by atoms with Crippen molar-refractivity contribution in [3.05, 3.63) is 154 Å². The molecule has 0 aromatic heterocycles. The first kappa shape index (κ1) is 48.2. The van der Waals surface area contributed by atoms with Crippen molar-refractivity contribution in [3.8, 4) is 0 Å². The molecule has 296 valence electrons. The third-order valence-electron chi connectivity index (χ3n) is 8.56. The molecule has 0 heterocycles. The van der Waals surface area contributed by atoms with E-state index in [2.05, 4.69) is 106 Å². The SMILES string of the molecule is C/C(O)=C/C(=O)c1ccccc1.C/C(O)=C/C(=O)c1ccccc1.CC(=Nc1c(C(C)C)cccc1C(C)C)C(C)=Nc1c(C(C)C)cccc1C(C)C.[Ni]. The van der Waals surface area contributed by atoms with Gasteiger partial charge in [0.2, 0.25) is 0 Å². The molecule has 0 atom stereocenters. The summed E-state index contributed by atoms with van der Waals surface area (Å²) in [5.41, 5.74) is 10.6. The largest absolute Gasteiger partial charge is 0.512 e. The van der Waals surface area contributed by atoms with Crippen LogP contribution in [0.5, 0.6) is 0 Å². The number of allylic oxidation sites excluding steroid dienone is 4. The number of benzene rings is 4. The van der Waals surface area contributed by atoms with Gasteiger partial charge in [-0.3, -0.25) is 19.6 Å². The first-order valence-electron chi connectivity index (χ1n) is 18.7. The van der Waals surface area contributed by atoms with Crippen molar-refractivity contribution in [2.75, 3.05) is 0 Å². The minimum Gasteiger partial charge on any atom is -0.512 e. The normalized spacial score (nSPS) is 12.1. The Hall–Kier alpha value is -4.87. The van der Waals surface area contributed by atoms with Crippen LogP contribution in [0.1, 0.15) is 150 Å². The zero-order chi connectivity index (χ0) is 40.5. The summed E-state index contributed by atoms with van der Waals surface area (Å²) in [7, 11) is 0. The molecule has 0 radical (unpaired) electrons. The van der Waals surface area contributed by atoms with Crippen LogP contribution in [-0.4, -0.2) is 33.2 Å². The number of aliphatic hydroxyl groups is 2. The Bertz CT molecular complexity index is 1750. The van der Waals surface area contributed by atoms with E-state index in [0.29, 0.717) is 34.8 Å². The van der Waals surface area contributed by atoms with Crippen LogP contribution < -0.4 is 0 Å². The van der Waals surface area contributed by atoms with Gasteiger partial charge in [0.25, 0.3) is 0 Å². The van der Waals surface area contributed by atoms with Crippen LogP contribution in [0.2, 0.25) is 0 Å². The average Bonchev–Trinajstić information content (AvgIpc) is 3.12. The Kier molecular flexibility index (Phi) is 20.9. The summed E-state index contributed by atoms with van der Waals surface area (Å²) in [6, 6.07) is 30.8. The zero-order valence-corrected chi connectivity index (χ0v) is 35.6. The first-order valence-corrected chi connectivity index (χ1v) is 18.7. The molecule has 0 unspecified atom stereocenters. The molecule has 0 bridgehead atoms. The van der Waals surface area contributed by atoms with Crippen LogP contribution in [0.4, 0.5) is 11.4 Å². The molecule has 4 rings (SSSR count). The number of para-hydroxylation sites is 2. The number of aliphatic hydroxyl groups excluding tert-OH is 2. The van der Waals surface area contributed by atoms with E-state index in [9.17, 15) is 9.59 Å². The Balaban J connectivity index is 0.000000494. The fourth-order valence-electron chi connectivity index (χ4n) is 5.53. The number of carbonyl (C=O) groups is 2. The summed E-state index contributed by atoms with van der Waals surface area (Å²) in [5.74, 6) is 1.45. The van der Waals surface area contributed by atoms with Crippen molar-refractivity contribution in [3.63, 3.8) is 0 Å². The van der Waals surface area contributed by atoms with Gasteiger partial charge >= 0.3 is 0 Å². The van der Waals surface area contributed by atoms with Crippen LogP contribution in [0.15, 0.2) is 131 Å². The topological polar surface area (TPSA) is 99.3 Å². The fourth-order valence-corrected chi connectivity index (χ4v) is 5.53. The van der Waals surface area contributed by atoms with Crippen molar-refractivity contribution < 1.29 is 36.3 Å². The second-order valence-corrected chi connectivity index (χ2v) is 14.6. The van der Waals surface area contributed by atoms with Crippen LogP contribution >= 0.6 is 0 Å². The maximum atomic E-state index is 11.2. The van der Waals surface area contributed by atoms with E-state index in [4.69, 9.17) is 20.2 Å². The maximum Gasteiger partial charge on any atom is 0.189 e. The van der Waals surface area contributed by atoms with Crippen LogP contribution in [0, 0.1) is 0 Å².